The van der Waals surface area contributed by atoms with Crippen LogP contribution in [0.4, 0.5) is 0 Å². The van der Waals surface area contributed by atoms with E-state index in [1.807, 2.05) is 36.7 Å². The van der Waals surface area contributed by atoms with Crippen LogP contribution in [0.1, 0.15) is 17.1 Å². The third kappa shape index (κ3) is 2.45. The normalized spacial score (nSPS) is 11.2. The quantitative estimate of drug-likeness (QED) is 0.761. The van der Waals surface area contributed by atoms with E-state index in [0.717, 1.165) is 29.3 Å². The van der Waals surface area contributed by atoms with Crippen LogP contribution in [0.2, 0.25) is 0 Å². The summed E-state index contributed by atoms with van der Waals surface area (Å²) in [6.45, 7) is 3.38. The maximum Gasteiger partial charge on any atom is 0.304 e. The molecule has 98 valence electrons. The Labute approximate surface area is 113 Å². The lowest BCUT2D eigenvalue weighted by Gasteiger charge is -2.04. The Kier molecular flexibility index (Phi) is 3.18. The molecule has 0 saturated heterocycles. The Morgan fingerprint density at radius 1 is 1.42 bits per heavy atom. The van der Waals surface area contributed by atoms with Gasteiger partial charge in [0.25, 0.3) is 0 Å². The average molecular weight is 274 g/mol. The Hall–Kier alpha value is -1.92. The highest BCUT2D eigenvalue weighted by Crippen LogP contribution is 2.11. The van der Waals surface area contributed by atoms with Crippen molar-refractivity contribution in [3.8, 4) is 0 Å². The number of thiazole rings is 1. The molecular weight excluding hydrogens is 260 g/mol. The molecule has 3 heterocycles. The smallest absolute Gasteiger partial charge is 0.304 e. The molecule has 3 aromatic heterocycles. The standard InChI is InChI=1S/C13H14N4OS/c1-9-11(17-5-3-2-4-12(17)15-9)7-14-6-10-8-19-13(18)16-10/h2-5,8,14H,6-7H2,1H3,(H,16,18). The van der Waals surface area contributed by atoms with Gasteiger partial charge in [0, 0.05) is 30.4 Å². The molecule has 2 N–H and O–H groups in total. The number of fused-ring (bicyclic) bond motifs is 1. The van der Waals surface area contributed by atoms with Gasteiger partial charge in [0.1, 0.15) is 5.65 Å². The highest BCUT2D eigenvalue weighted by Gasteiger charge is 2.07. The van der Waals surface area contributed by atoms with Crippen LogP contribution < -0.4 is 10.2 Å². The van der Waals surface area contributed by atoms with Crippen molar-refractivity contribution < 1.29 is 0 Å². The number of aryl methyl sites for hydroxylation is 1. The van der Waals surface area contributed by atoms with Gasteiger partial charge in [0.15, 0.2) is 0 Å². The number of pyridine rings is 1. The Bertz CT molecular complexity index is 755. The fourth-order valence-electron chi connectivity index (χ4n) is 2.09. The van der Waals surface area contributed by atoms with Crippen molar-refractivity contribution in [2.75, 3.05) is 0 Å². The zero-order valence-corrected chi connectivity index (χ0v) is 11.3. The van der Waals surface area contributed by atoms with Crippen LogP contribution >= 0.6 is 11.3 Å². The first-order chi connectivity index (χ1) is 9.24. The van der Waals surface area contributed by atoms with Crippen LogP contribution in [-0.2, 0) is 13.1 Å². The molecule has 6 heteroatoms. The monoisotopic (exact) mass is 274 g/mol. The molecule has 0 spiro atoms. The van der Waals surface area contributed by atoms with Crippen molar-refractivity contribution >= 4 is 17.0 Å². The summed E-state index contributed by atoms with van der Waals surface area (Å²) in [7, 11) is 0. The predicted octanol–water partition coefficient (Wildman–Crippen LogP) is 1.68. The summed E-state index contributed by atoms with van der Waals surface area (Å²) in [4.78, 5) is 18.3. The zero-order valence-electron chi connectivity index (χ0n) is 10.5. The molecule has 19 heavy (non-hydrogen) atoms. The van der Waals surface area contributed by atoms with Crippen molar-refractivity contribution in [2.45, 2.75) is 20.0 Å². The Morgan fingerprint density at radius 2 is 2.32 bits per heavy atom. The minimum Gasteiger partial charge on any atom is -0.315 e. The number of nitrogens with one attached hydrogen (secondary N) is 2. The number of rotatable bonds is 4. The van der Waals surface area contributed by atoms with Crippen molar-refractivity contribution in [3.05, 3.63) is 56.5 Å². The minimum atomic E-state index is -0.0113. The van der Waals surface area contributed by atoms with Gasteiger partial charge in [0.2, 0.25) is 0 Å². The second-order valence-electron chi connectivity index (χ2n) is 4.35. The van der Waals surface area contributed by atoms with E-state index in [4.69, 9.17) is 0 Å². The maximum absolute atomic E-state index is 11.0. The largest absolute Gasteiger partial charge is 0.315 e. The second kappa shape index (κ2) is 4.99. The fourth-order valence-corrected chi connectivity index (χ4v) is 2.67. The molecule has 0 aromatic carbocycles. The molecule has 0 aliphatic carbocycles. The number of hydrogen-bond donors (Lipinski definition) is 2. The summed E-state index contributed by atoms with van der Waals surface area (Å²) >= 11 is 1.19. The molecule has 3 aromatic rings. The molecule has 0 amide bonds. The molecule has 0 radical (unpaired) electrons. The maximum atomic E-state index is 11.0. The first-order valence-corrected chi connectivity index (χ1v) is 6.92. The van der Waals surface area contributed by atoms with E-state index in [-0.39, 0.29) is 4.87 Å². The second-order valence-corrected chi connectivity index (χ2v) is 5.19. The van der Waals surface area contributed by atoms with Crippen LogP contribution in [0.25, 0.3) is 5.65 Å². The van der Waals surface area contributed by atoms with Gasteiger partial charge in [0.05, 0.1) is 11.4 Å². The average Bonchev–Trinajstić information content (AvgIpc) is 2.94. The molecule has 5 nitrogen and oxygen atoms in total. The molecule has 0 unspecified atom stereocenters. The van der Waals surface area contributed by atoms with Crippen LogP contribution in [0.5, 0.6) is 0 Å². The van der Waals surface area contributed by atoms with Gasteiger partial charge in [-0.3, -0.25) is 4.79 Å². The first-order valence-electron chi connectivity index (χ1n) is 6.04. The van der Waals surface area contributed by atoms with Crippen molar-refractivity contribution in [3.63, 3.8) is 0 Å². The third-order valence-electron chi connectivity index (χ3n) is 3.01. The van der Waals surface area contributed by atoms with Gasteiger partial charge >= 0.3 is 4.87 Å². The lowest BCUT2D eigenvalue weighted by atomic mass is 10.3. The van der Waals surface area contributed by atoms with E-state index in [2.05, 4.69) is 19.7 Å². The molecule has 0 atom stereocenters. The van der Waals surface area contributed by atoms with Crippen LogP contribution in [-0.4, -0.2) is 14.4 Å². The summed E-state index contributed by atoms with van der Waals surface area (Å²) in [6, 6.07) is 5.97. The molecular formula is C13H14N4OS. The summed E-state index contributed by atoms with van der Waals surface area (Å²) in [5, 5.41) is 5.17. The first kappa shape index (κ1) is 12.1. The fraction of sp³-hybridized carbons (Fsp3) is 0.231. The van der Waals surface area contributed by atoms with E-state index >= 15 is 0 Å². The number of aromatic nitrogens is 3. The molecule has 0 bridgehead atoms. The predicted molar refractivity (Wildman–Crippen MR) is 75.4 cm³/mol. The molecule has 0 fully saturated rings. The topological polar surface area (TPSA) is 62.2 Å². The van der Waals surface area contributed by atoms with E-state index < -0.39 is 0 Å². The lowest BCUT2D eigenvalue weighted by molar-refractivity contribution is 0.662. The highest BCUT2D eigenvalue weighted by molar-refractivity contribution is 7.07. The van der Waals surface area contributed by atoms with Crippen LogP contribution in [0.3, 0.4) is 0 Å². The summed E-state index contributed by atoms with van der Waals surface area (Å²) in [5.74, 6) is 0. The van der Waals surface area contributed by atoms with E-state index in [1.54, 1.807) is 0 Å². The molecule has 3 rings (SSSR count). The summed E-state index contributed by atoms with van der Waals surface area (Å²) in [5.41, 5.74) is 4.05. The highest BCUT2D eigenvalue weighted by atomic mass is 32.1. The molecule has 0 aliphatic rings. The van der Waals surface area contributed by atoms with Crippen molar-refractivity contribution in [1.29, 1.82) is 0 Å². The van der Waals surface area contributed by atoms with Crippen LogP contribution in [0.15, 0.2) is 34.6 Å². The lowest BCUT2D eigenvalue weighted by Crippen LogP contribution is -2.15. The van der Waals surface area contributed by atoms with Gasteiger partial charge in [-0.05, 0) is 19.1 Å². The van der Waals surface area contributed by atoms with Gasteiger partial charge in [-0.2, -0.15) is 0 Å². The zero-order chi connectivity index (χ0) is 13.2. The number of H-pyrrole nitrogens is 1. The minimum absolute atomic E-state index is 0.0113. The van der Waals surface area contributed by atoms with Crippen molar-refractivity contribution in [1.82, 2.24) is 19.7 Å². The Balaban J connectivity index is 1.75. The van der Waals surface area contributed by atoms with Crippen molar-refractivity contribution in [2.24, 2.45) is 0 Å². The van der Waals surface area contributed by atoms with Crippen LogP contribution in [0, 0.1) is 6.92 Å². The third-order valence-corrected chi connectivity index (χ3v) is 3.73. The van der Waals surface area contributed by atoms with Gasteiger partial charge in [-0.15, -0.1) is 0 Å². The number of aromatic amines is 1. The van der Waals surface area contributed by atoms with E-state index in [1.165, 1.54) is 11.3 Å². The van der Waals surface area contributed by atoms with Gasteiger partial charge in [-0.1, -0.05) is 17.4 Å². The molecule has 0 saturated carbocycles. The van der Waals surface area contributed by atoms with E-state index in [9.17, 15) is 4.79 Å². The number of nitrogens with zero attached hydrogens (tertiary/aromatic N) is 2. The summed E-state index contributed by atoms with van der Waals surface area (Å²) < 4.78 is 2.08. The number of imidazole rings is 1. The molecule has 0 aliphatic heterocycles. The van der Waals surface area contributed by atoms with Gasteiger partial charge in [-0.25, -0.2) is 4.98 Å². The number of hydrogen-bond acceptors (Lipinski definition) is 4. The van der Waals surface area contributed by atoms with Gasteiger partial charge < -0.3 is 14.7 Å². The van der Waals surface area contributed by atoms with E-state index in [0.29, 0.717) is 6.54 Å². The Morgan fingerprint density at radius 3 is 3.11 bits per heavy atom. The summed E-state index contributed by atoms with van der Waals surface area (Å²) in [6.07, 6.45) is 2.01. The SMILES string of the molecule is Cc1nc2ccccn2c1CNCc1csc(=O)[nH]1.